The van der Waals surface area contributed by atoms with Crippen molar-refractivity contribution in [1.82, 2.24) is 0 Å². The fourth-order valence-corrected chi connectivity index (χ4v) is 6.08. The highest BCUT2D eigenvalue weighted by atomic mass is 32.2. The Morgan fingerprint density at radius 1 is 0.875 bits per heavy atom. The van der Waals surface area contributed by atoms with Crippen LogP contribution in [-0.2, 0) is 0 Å². The van der Waals surface area contributed by atoms with Gasteiger partial charge in [-0.25, -0.2) is 0 Å². The van der Waals surface area contributed by atoms with E-state index in [1.165, 1.54) is 37.2 Å². The monoisotopic (exact) mass is 256 g/mol. The van der Waals surface area contributed by atoms with Crippen LogP contribution in [0.2, 0.25) is 0 Å². The molecule has 2 rings (SSSR count). The van der Waals surface area contributed by atoms with Crippen molar-refractivity contribution in [3.8, 4) is 0 Å². The minimum atomic E-state index is 0.503. The van der Waals surface area contributed by atoms with Gasteiger partial charge in [-0.2, -0.15) is 0 Å². The number of hydrogen-bond acceptors (Lipinski definition) is 2. The van der Waals surface area contributed by atoms with Crippen LogP contribution in [0.25, 0.3) is 0 Å². The van der Waals surface area contributed by atoms with Crippen molar-refractivity contribution in [1.29, 1.82) is 0 Å². The Balaban J connectivity index is 2.20. The summed E-state index contributed by atoms with van der Waals surface area (Å²) in [6.07, 6.45) is 5.41. The molecule has 0 N–H and O–H groups in total. The molecule has 2 fully saturated rings. The molecule has 0 unspecified atom stereocenters. The number of thioether (sulfide) groups is 2. The van der Waals surface area contributed by atoms with E-state index >= 15 is 0 Å². The third-order valence-electron chi connectivity index (χ3n) is 3.38. The molecule has 1 saturated heterocycles. The van der Waals surface area contributed by atoms with E-state index in [2.05, 4.69) is 51.2 Å². The molecule has 0 amide bonds. The highest BCUT2D eigenvalue weighted by Crippen LogP contribution is 2.52. The summed E-state index contributed by atoms with van der Waals surface area (Å²) in [6, 6.07) is 0. The Kier molecular flexibility index (Phi) is 3.71. The van der Waals surface area contributed by atoms with Gasteiger partial charge in [-0.1, -0.05) is 27.7 Å². The van der Waals surface area contributed by atoms with E-state index in [1.807, 2.05) is 0 Å². The van der Waals surface area contributed by atoms with Crippen LogP contribution in [0.5, 0.6) is 0 Å². The van der Waals surface area contributed by atoms with Crippen LogP contribution in [-0.4, -0.2) is 11.5 Å². The summed E-state index contributed by atoms with van der Waals surface area (Å²) in [7, 11) is 0. The minimum Gasteiger partial charge on any atom is -0.119 e. The molecule has 0 radical (unpaired) electrons. The van der Waals surface area contributed by atoms with Crippen LogP contribution in [0, 0.1) is 10.8 Å². The maximum absolute atomic E-state index is 2.44. The molecule has 2 aliphatic rings. The second-order valence-electron chi connectivity index (χ2n) is 6.80. The lowest BCUT2D eigenvalue weighted by molar-refractivity contribution is 0.154. The Bertz CT molecular complexity index is 274. The van der Waals surface area contributed by atoms with Crippen LogP contribution < -0.4 is 0 Å². The first-order chi connectivity index (χ1) is 7.38. The summed E-state index contributed by atoms with van der Waals surface area (Å²) >= 11 is 4.23. The third kappa shape index (κ3) is 3.22. The average Bonchev–Trinajstić information content (AvgIpc) is 2.14. The van der Waals surface area contributed by atoms with Crippen molar-refractivity contribution >= 4 is 23.5 Å². The van der Waals surface area contributed by atoms with E-state index in [-0.39, 0.29) is 0 Å². The Hall–Kier alpha value is 0.440. The SMILES string of the molecule is CC1(C)CC(=C2SCCCS2)CC(C)(C)C1. The lowest BCUT2D eigenvalue weighted by Gasteiger charge is -2.43. The first-order valence-electron chi connectivity index (χ1n) is 6.36. The van der Waals surface area contributed by atoms with Crippen molar-refractivity contribution in [2.24, 2.45) is 10.8 Å². The Labute approximate surface area is 109 Å². The molecule has 0 aromatic heterocycles. The fraction of sp³-hybridized carbons (Fsp3) is 0.857. The minimum absolute atomic E-state index is 0.503. The van der Waals surface area contributed by atoms with E-state index in [0.29, 0.717) is 10.8 Å². The Morgan fingerprint density at radius 3 is 1.88 bits per heavy atom. The van der Waals surface area contributed by atoms with Gasteiger partial charge in [0.25, 0.3) is 0 Å². The van der Waals surface area contributed by atoms with E-state index < -0.39 is 0 Å². The molecule has 0 aromatic carbocycles. The molecule has 92 valence electrons. The van der Waals surface area contributed by atoms with E-state index in [1.54, 1.807) is 9.81 Å². The van der Waals surface area contributed by atoms with Gasteiger partial charge >= 0.3 is 0 Å². The summed E-state index contributed by atoms with van der Waals surface area (Å²) in [6.45, 7) is 9.75. The van der Waals surface area contributed by atoms with Gasteiger partial charge in [0.1, 0.15) is 0 Å². The molecule has 0 atom stereocenters. The largest absolute Gasteiger partial charge is 0.119 e. The molecule has 0 spiro atoms. The maximum atomic E-state index is 2.44. The van der Waals surface area contributed by atoms with Gasteiger partial charge in [0, 0.05) is 4.24 Å². The lowest BCUT2D eigenvalue weighted by Crippen LogP contribution is -2.30. The van der Waals surface area contributed by atoms with Crippen LogP contribution in [0.3, 0.4) is 0 Å². The molecule has 1 heterocycles. The molecule has 0 nitrogen and oxygen atoms in total. The van der Waals surface area contributed by atoms with Crippen molar-refractivity contribution < 1.29 is 0 Å². The second kappa shape index (κ2) is 4.61. The zero-order chi connectivity index (χ0) is 11.8. The number of hydrogen-bond donors (Lipinski definition) is 0. The summed E-state index contributed by atoms with van der Waals surface area (Å²) in [5.74, 6) is 2.68. The van der Waals surface area contributed by atoms with Crippen molar-refractivity contribution in [3.63, 3.8) is 0 Å². The predicted molar refractivity (Wildman–Crippen MR) is 78.0 cm³/mol. The molecular formula is C14H24S2. The van der Waals surface area contributed by atoms with Gasteiger partial charge in [0.2, 0.25) is 0 Å². The maximum Gasteiger partial charge on any atom is 0.0393 e. The molecule has 0 aromatic rings. The summed E-state index contributed by atoms with van der Waals surface area (Å²) in [5, 5.41) is 0. The summed E-state index contributed by atoms with van der Waals surface area (Å²) < 4.78 is 1.67. The van der Waals surface area contributed by atoms with Gasteiger partial charge in [0.15, 0.2) is 0 Å². The van der Waals surface area contributed by atoms with E-state index in [4.69, 9.17) is 0 Å². The smallest absolute Gasteiger partial charge is 0.0393 e. The quantitative estimate of drug-likeness (QED) is 0.576. The van der Waals surface area contributed by atoms with Crippen LogP contribution in [0.15, 0.2) is 9.81 Å². The van der Waals surface area contributed by atoms with E-state index in [9.17, 15) is 0 Å². The number of allylic oxidation sites excluding steroid dienone is 1. The van der Waals surface area contributed by atoms with Crippen LogP contribution in [0.4, 0.5) is 0 Å². The molecule has 1 saturated carbocycles. The standard InChI is InChI=1S/C14H24S2/c1-13(2)8-11(9-14(3,4)10-13)12-15-6-5-7-16-12/h5-10H2,1-4H3. The zero-order valence-electron chi connectivity index (χ0n) is 11.1. The predicted octanol–water partition coefficient (Wildman–Crippen LogP) is 5.30. The lowest BCUT2D eigenvalue weighted by atomic mass is 9.64. The van der Waals surface area contributed by atoms with Crippen molar-refractivity contribution in [3.05, 3.63) is 9.81 Å². The zero-order valence-corrected chi connectivity index (χ0v) is 12.7. The second-order valence-corrected chi connectivity index (χ2v) is 9.27. The van der Waals surface area contributed by atoms with Gasteiger partial charge in [-0.05, 0) is 53.6 Å². The van der Waals surface area contributed by atoms with Crippen molar-refractivity contribution in [2.75, 3.05) is 11.5 Å². The highest BCUT2D eigenvalue weighted by molar-refractivity contribution is 8.22. The first-order valence-corrected chi connectivity index (χ1v) is 8.33. The van der Waals surface area contributed by atoms with Gasteiger partial charge in [-0.3, -0.25) is 0 Å². The van der Waals surface area contributed by atoms with Gasteiger partial charge < -0.3 is 0 Å². The first kappa shape index (κ1) is 12.9. The van der Waals surface area contributed by atoms with Crippen LogP contribution >= 0.6 is 23.5 Å². The molecule has 16 heavy (non-hydrogen) atoms. The summed E-state index contributed by atoms with van der Waals surface area (Å²) in [5.41, 5.74) is 2.77. The van der Waals surface area contributed by atoms with Crippen LogP contribution in [0.1, 0.15) is 53.4 Å². The topological polar surface area (TPSA) is 0 Å². The Morgan fingerprint density at radius 2 is 1.38 bits per heavy atom. The normalized spacial score (nSPS) is 29.2. The van der Waals surface area contributed by atoms with Gasteiger partial charge in [-0.15, -0.1) is 23.5 Å². The fourth-order valence-electron chi connectivity index (χ4n) is 3.42. The third-order valence-corrected chi connectivity index (χ3v) is 6.18. The molecule has 2 heteroatoms. The van der Waals surface area contributed by atoms with Crippen molar-refractivity contribution in [2.45, 2.75) is 53.4 Å². The van der Waals surface area contributed by atoms with E-state index in [0.717, 1.165) is 0 Å². The number of rotatable bonds is 0. The molecule has 0 bridgehead atoms. The molecule has 1 aliphatic carbocycles. The van der Waals surface area contributed by atoms with Gasteiger partial charge in [0.05, 0.1) is 0 Å². The molecule has 1 aliphatic heterocycles. The average molecular weight is 256 g/mol. The highest BCUT2D eigenvalue weighted by Gasteiger charge is 2.36. The molecular weight excluding hydrogens is 232 g/mol. The summed E-state index contributed by atoms with van der Waals surface area (Å²) in [4.78, 5) is 0.